The molecule has 0 aromatic carbocycles. The molecular weight excluding hydrogens is 224 g/mol. The number of rotatable bonds is 4. The minimum absolute atomic E-state index is 0.472. The fourth-order valence-electron chi connectivity index (χ4n) is 2.18. The van der Waals surface area contributed by atoms with Crippen LogP contribution in [-0.2, 0) is 7.05 Å². The van der Waals surface area contributed by atoms with Gasteiger partial charge in [-0.2, -0.15) is 12.6 Å². The molecule has 0 N–H and O–H groups in total. The summed E-state index contributed by atoms with van der Waals surface area (Å²) in [5, 5.41) is 1.13. The first-order valence-corrected chi connectivity index (χ1v) is 7.09. The van der Waals surface area contributed by atoms with E-state index in [1.54, 1.807) is 0 Å². The summed E-state index contributed by atoms with van der Waals surface area (Å²) in [5.74, 6) is 2.19. The molecule has 1 aliphatic carbocycles. The zero-order valence-electron chi connectivity index (χ0n) is 9.15. The Morgan fingerprint density at radius 3 is 2.80 bits per heavy atom. The Hall–Kier alpha value is -0.0900. The zero-order valence-corrected chi connectivity index (χ0v) is 10.9. The number of hydrogen-bond acceptors (Lipinski definition) is 3. The highest BCUT2D eigenvalue weighted by Gasteiger charge is 2.32. The predicted molar refractivity (Wildman–Crippen MR) is 68.7 cm³/mol. The van der Waals surface area contributed by atoms with Crippen LogP contribution in [0, 0.1) is 5.41 Å². The minimum Gasteiger partial charge on any atom is -0.329 e. The first-order valence-electron chi connectivity index (χ1n) is 5.47. The molecule has 1 aromatic heterocycles. The van der Waals surface area contributed by atoms with E-state index in [2.05, 4.69) is 29.2 Å². The molecule has 1 heterocycles. The molecule has 4 heteroatoms. The molecule has 15 heavy (non-hydrogen) atoms. The zero-order chi connectivity index (χ0) is 10.7. The Labute approximate surface area is 101 Å². The highest BCUT2D eigenvalue weighted by Crippen LogP contribution is 2.42. The summed E-state index contributed by atoms with van der Waals surface area (Å²) >= 11 is 6.40. The molecule has 0 radical (unpaired) electrons. The molecule has 2 rings (SSSR count). The molecule has 0 unspecified atom stereocenters. The number of imidazole rings is 1. The summed E-state index contributed by atoms with van der Waals surface area (Å²) in [4.78, 5) is 4.34. The summed E-state index contributed by atoms with van der Waals surface area (Å²) in [6.45, 7) is 0. The van der Waals surface area contributed by atoms with Crippen LogP contribution >= 0.6 is 24.4 Å². The van der Waals surface area contributed by atoms with E-state index in [0.717, 1.165) is 10.9 Å². The van der Waals surface area contributed by atoms with Gasteiger partial charge in [0.1, 0.15) is 0 Å². The Morgan fingerprint density at radius 2 is 2.27 bits per heavy atom. The minimum atomic E-state index is 0.472. The van der Waals surface area contributed by atoms with Crippen LogP contribution in [-0.4, -0.2) is 21.1 Å². The average Bonchev–Trinajstić information content (AvgIpc) is 2.85. The Balaban J connectivity index is 1.94. The Morgan fingerprint density at radius 1 is 1.53 bits per heavy atom. The first-order chi connectivity index (χ1) is 7.26. The summed E-state index contributed by atoms with van der Waals surface area (Å²) in [5.41, 5.74) is 0.472. The molecule has 0 aliphatic heterocycles. The van der Waals surface area contributed by atoms with Gasteiger partial charge in [0.2, 0.25) is 0 Å². The molecule has 84 valence electrons. The fourth-order valence-corrected chi connectivity index (χ4v) is 3.99. The van der Waals surface area contributed by atoms with Gasteiger partial charge in [-0.3, -0.25) is 0 Å². The predicted octanol–water partition coefficient (Wildman–Crippen LogP) is 3.00. The van der Waals surface area contributed by atoms with Crippen molar-refractivity contribution in [2.24, 2.45) is 12.5 Å². The lowest BCUT2D eigenvalue weighted by atomic mass is 9.91. The molecule has 0 bridgehead atoms. The number of aromatic nitrogens is 2. The second-order valence-corrected chi connectivity index (χ2v) is 5.73. The van der Waals surface area contributed by atoms with Crippen LogP contribution in [0.4, 0.5) is 0 Å². The summed E-state index contributed by atoms with van der Waals surface area (Å²) in [7, 11) is 2.05. The number of hydrogen-bond donors (Lipinski definition) is 1. The lowest BCUT2D eigenvalue weighted by molar-refractivity contribution is 0.403. The van der Waals surface area contributed by atoms with Gasteiger partial charge in [0.25, 0.3) is 0 Å². The van der Waals surface area contributed by atoms with Gasteiger partial charge < -0.3 is 4.57 Å². The molecule has 0 saturated heterocycles. The van der Waals surface area contributed by atoms with Crippen LogP contribution in [0.2, 0.25) is 0 Å². The topological polar surface area (TPSA) is 17.8 Å². The van der Waals surface area contributed by atoms with Crippen LogP contribution in [0.3, 0.4) is 0 Å². The summed E-state index contributed by atoms with van der Waals surface area (Å²) in [6.07, 6.45) is 9.31. The van der Waals surface area contributed by atoms with Gasteiger partial charge in [-0.05, 0) is 24.0 Å². The first kappa shape index (κ1) is 11.4. The molecule has 1 aromatic rings. The van der Waals surface area contributed by atoms with E-state index in [0.29, 0.717) is 5.41 Å². The van der Waals surface area contributed by atoms with Gasteiger partial charge in [0.05, 0.1) is 0 Å². The highest BCUT2D eigenvalue weighted by atomic mass is 32.2. The third kappa shape index (κ3) is 2.53. The number of nitrogens with zero attached hydrogens (tertiary/aromatic N) is 2. The molecule has 2 nitrogen and oxygen atoms in total. The SMILES string of the molecule is Cn1ccnc1SCC1(CS)CCCC1. The van der Waals surface area contributed by atoms with Gasteiger partial charge in [-0.15, -0.1) is 0 Å². The van der Waals surface area contributed by atoms with E-state index in [-0.39, 0.29) is 0 Å². The largest absolute Gasteiger partial charge is 0.329 e. The third-order valence-electron chi connectivity index (χ3n) is 3.28. The molecule has 0 amide bonds. The maximum Gasteiger partial charge on any atom is 0.167 e. The van der Waals surface area contributed by atoms with Crippen molar-refractivity contribution in [3.05, 3.63) is 12.4 Å². The maximum absolute atomic E-state index is 4.52. The normalized spacial score (nSPS) is 19.6. The smallest absolute Gasteiger partial charge is 0.167 e. The van der Waals surface area contributed by atoms with Gasteiger partial charge in [-0.25, -0.2) is 4.98 Å². The summed E-state index contributed by atoms with van der Waals surface area (Å²) < 4.78 is 2.09. The molecule has 1 aliphatic rings. The quantitative estimate of drug-likeness (QED) is 0.646. The van der Waals surface area contributed by atoms with E-state index in [9.17, 15) is 0 Å². The summed E-state index contributed by atoms with van der Waals surface area (Å²) in [6, 6.07) is 0. The van der Waals surface area contributed by atoms with Crippen LogP contribution in [0.15, 0.2) is 17.6 Å². The lowest BCUT2D eigenvalue weighted by Crippen LogP contribution is -2.21. The average molecular weight is 242 g/mol. The van der Waals surface area contributed by atoms with E-state index in [1.165, 1.54) is 31.4 Å². The van der Waals surface area contributed by atoms with Gasteiger partial charge in [-0.1, -0.05) is 24.6 Å². The number of thioether (sulfide) groups is 1. The molecule has 1 saturated carbocycles. The molecule has 0 spiro atoms. The van der Waals surface area contributed by atoms with Crippen molar-refractivity contribution in [2.75, 3.05) is 11.5 Å². The molecule has 1 fully saturated rings. The second kappa shape index (κ2) is 4.83. The van der Waals surface area contributed by atoms with E-state index in [4.69, 9.17) is 0 Å². The third-order valence-corrected chi connectivity index (χ3v) is 5.36. The van der Waals surface area contributed by atoms with Crippen LogP contribution in [0.25, 0.3) is 0 Å². The van der Waals surface area contributed by atoms with E-state index in [1.807, 2.05) is 24.2 Å². The van der Waals surface area contributed by atoms with Crippen molar-refractivity contribution in [3.63, 3.8) is 0 Å². The second-order valence-electron chi connectivity index (χ2n) is 4.47. The van der Waals surface area contributed by atoms with Crippen LogP contribution < -0.4 is 0 Å². The van der Waals surface area contributed by atoms with Gasteiger partial charge in [0, 0.05) is 25.2 Å². The Bertz CT molecular complexity index is 316. The van der Waals surface area contributed by atoms with Crippen molar-refractivity contribution >= 4 is 24.4 Å². The van der Waals surface area contributed by atoms with Gasteiger partial charge >= 0.3 is 0 Å². The van der Waals surface area contributed by atoms with Crippen molar-refractivity contribution < 1.29 is 0 Å². The lowest BCUT2D eigenvalue weighted by Gasteiger charge is -2.25. The molecule has 0 atom stereocenters. The van der Waals surface area contributed by atoms with Crippen LogP contribution in [0.5, 0.6) is 0 Å². The standard InChI is InChI=1S/C11H18N2S2/c1-13-7-6-12-10(13)15-9-11(8-14)4-2-3-5-11/h6-7,14H,2-5,8-9H2,1H3. The number of thiol groups is 1. The highest BCUT2D eigenvalue weighted by molar-refractivity contribution is 7.99. The monoisotopic (exact) mass is 242 g/mol. The van der Waals surface area contributed by atoms with Crippen molar-refractivity contribution in [3.8, 4) is 0 Å². The van der Waals surface area contributed by atoms with Crippen molar-refractivity contribution in [1.29, 1.82) is 0 Å². The number of aryl methyl sites for hydroxylation is 1. The maximum atomic E-state index is 4.52. The van der Waals surface area contributed by atoms with E-state index >= 15 is 0 Å². The van der Waals surface area contributed by atoms with E-state index < -0.39 is 0 Å². The Kier molecular flexibility index (Phi) is 3.67. The molecular formula is C11H18N2S2. The fraction of sp³-hybridized carbons (Fsp3) is 0.727. The van der Waals surface area contributed by atoms with Crippen molar-refractivity contribution in [1.82, 2.24) is 9.55 Å². The van der Waals surface area contributed by atoms with Crippen LogP contribution in [0.1, 0.15) is 25.7 Å². The van der Waals surface area contributed by atoms with Gasteiger partial charge in [0.15, 0.2) is 5.16 Å². The van der Waals surface area contributed by atoms with Crippen molar-refractivity contribution in [2.45, 2.75) is 30.8 Å².